The maximum atomic E-state index is 2.37. The Kier molecular flexibility index (Phi) is 2.49. The molecule has 0 saturated heterocycles. The Balaban J connectivity index is 2.26. The summed E-state index contributed by atoms with van der Waals surface area (Å²) < 4.78 is 0. The minimum Gasteiger partial charge on any atom is -0.0618 e. The molecular formula is C15H15S+. The molecule has 16 heavy (non-hydrogen) atoms. The van der Waals surface area contributed by atoms with Gasteiger partial charge < -0.3 is 0 Å². The van der Waals surface area contributed by atoms with Crippen LogP contribution in [0.15, 0.2) is 48.5 Å². The van der Waals surface area contributed by atoms with Crippen molar-refractivity contribution >= 4 is 10.9 Å². The zero-order valence-electron chi connectivity index (χ0n) is 9.44. The first kappa shape index (κ1) is 9.98. The average molecular weight is 227 g/mol. The standard InChI is InChI=1S/C15H15S/c1-16-10-12-6-2-4-8-14(12)15-9-5-3-7-13(15)11-16/h2-9H,10-11H2,1H3/q+1. The molecule has 0 unspecified atom stereocenters. The summed E-state index contributed by atoms with van der Waals surface area (Å²) in [5.74, 6) is 2.45. The lowest BCUT2D eigenvalue weighted by molar-refractivity contribution is 1.40. The molecule has 1 heteroatoms. The van der Waals surface area contributed by atoms with Crippen molar-refractivity contribution < 1.29 is 0 Å². The van der Waals surface area contributed by atoms with Gasteiger partial charge in [-0.05, 0) is 22.0 Å². The summed E-state index contributed by atoms with van der Waals surface area (Å²) in [5, 5.41) is 0. The third-order valence-corrected chi connectivity index (χ3v) is 4.74. The van der Waals surface area contributed by atoms with Crippen LogP contribution in [0.1, 0.15) is 11.1 Å². The Morgan fingerprint density at radius 1 is 0.750 bits per heavy atom. The highest BCUT2D eigenvalue weighted by Gasteiger charge is 2.23. The van der Waals surface area contributed by atoms with Crippen molar-refractivity contribution in [3.63, 3.8) is 0 Å². The molecule has 2 aromatic rings. The first-order valence-electron chi connectivity index (χ1n) is 5.60. The van der Waals surface area contributed by atoms with Crippen molar-refractivity contribution in [3.05, 3.63) is 59.7 Å². The van der Waals surface area contributed by atoms with Gasteiger partial charge in [0.05, 0.1) is 6.26 Å². The Hall–Kier alpha value is -1.21. The smallest absolute Gasteiger partial charge is 0.0618 e. The summed E-state index contributed by atoms with van der Waals surface area (Å²) in [6.45, 7) is 0. The maximum Gasteiger partial charge on any atom is 0.133 e. The predicted octanol–water partition coefficient (Wildman–Crippen LogP) is 3.62. The first-order chi connectivity index (χ1) is 7.84. The van der Waals surface area contributed by atoms with Crippen LogP contribution in [0.3, 0.4) is 0 Å². The number of benzene rings is 2. The third kappa shape index (κ3) is 1.65. The highest BCUT2D eigenvalue weighted by atomic mass is 32.2. The van der Waals surface area contributed by atoms with Crippen LogP contribution in [0, 0.1) is 0 Å². The van der Waals surface area contributed by atoms with Crippen LogP contribution in [-0.4, -0.2) is 6.26 Å². The fourth-order valence-electron chi connectivity index (χ4n) is 2.40. The lowest BCUT2D eigenvalue weighted by Gasteiger charge is -2.05. The van der Waals surface area contributed by atoms with Gasteiger partial charge in [0, 0.05) is 11.1 Å². The van der Waals surface area contributed by atoms with Crippen molar-refractivity contribution in [2.75, 3.05) is 6.26 Å². The molecule has 0 nitrogen and oxygen atoms in total. The van der Waals surface area contributed by atoms with Crippen molar-refractivity contribution in [1.29, 1.82) is 0 Å². The molecule has 0 atom stereocenters. The second-order valence-electron chi connectivity index (χ2n) is 4.38. The van der Waals surface area contributed by atoms with E-state index in [-0.39, 0.29) is 0 Å². The summed E-state index contributed by atoms with van der Waals surface area (Å²) in [5.41, 5.74) is 5.90. The monoisotopic (exact) mass is 227 g/mol. The van der Waals surface area contributed by atoms with Gasteiger partial charge in [-0.3, -0.25) is 0 Å². The molecule has 0 spiro atoms. The van der Waals surface area contributed by atoms with E-state index in [1.54, 1.807) is 0 Å². The van der Waals surface area contributed by atoms with E-state index < -0.39 is 0 Å². The Bertz CT molecular complexity index is 469. The van der Waals surface area contributed by atoms with E-state index in [2.05, 4.69) is 54.8 Å². The number of hydrogen-bond acceptors (Lipinski definition) is 0. The second-order valence-corrected chi connectivity index (χ2v) is 6.52. The van der Waals surface area contributed by atoms with Crippen molar-refractivity contribution in [3.8, 4) is 11.1 Å². The molecule has 0 radical (unpaired) electrons. The van der Waals surface area contributed by atoms with Crippen molar-refractivity contribution in [2.45, 2.75) is 11.5 Å². The molecule has 0 aromatic heterocycles. The van der Waals surface area contributed by atoms with Crippen LogP contribution < -0.4 is 0 Å². The highest BCUT2D eigenvalue weighted by molar-refractivity contribution is 7.94. The van der Waals surface area contributed by atoms with Gasteiger partial charge in [-0.25, -0.2) is 0 Å². The normalized spacial score (nSPS) is 15.1. The van der Waals surface area contributed by atoms with Crippen LogP contribution in [0.5, 0.6) is 0 Å². The molecule has 1 heterocycles. The molecule has 0 saturated carbocycles. The minimum atomic E-state index is 0.470. The zero-order chi connectivity index (χ0) is 11.0. The van der Waals surface area contributed by atoms with E-state index >= 15 is 0 Å². The predicted molar refractivity (Wildman–Crippen MR) is 72.6 cm³/mol. The fraction of sp³-hybridized carbons (Fsp3) is 0.200. The van der Waals surface area contributed by atoms with E-state index in [1.807, 2.05) is 0 Å². The van der Waals surface area contributed by atoms with Crippen LogP contribution in [0.2, 0.25) is 0 Å². The summed E-state index contributed by atoms with van der Waals surface area (Å²) >= 11 is 0. The molecule has 2 aromatic carbocycles. The SMILES string of the molecule is C[S+]1Cc2ccccc2-c2ccccc2C1. The number of fused-ring (bicyclic) bond motifs is 3. The molecule has 0 N–H and O–H groups in total. The summed E-state index contributed by atoms with van der Waals surface area (Å²) in [7, 11) is 0.470. The summed E-state index contributed by atoms with van der Waals surface area (Å²) in [6.07, 6.45) is 2.37. The topological polar surface area (TPSA) is 0 Å². The van der Waals surface area contributed by atoms with Crippen molar-refractivity contribution in [2.24, 2.45) is 0 Å². The molecule has 0 fully saturated rings. The van der Waals surface area contributed by atoms with Crippen LogP contribution in [0.4, 0.5) is 0 Å². The number of rotatable bonds is 0. The average Bonchev–Trinajstić information content (AvgIpc) is 2.44. The van der Waals surface area contributed by atoms with E-state index in [9.17, 15) is 0 Å². The molecule has 80 valence electrons. The lowest BCUT2D eigenvalue weighted by atomic mass is 9.97. The van der Waals surface area contributed by atoms with E-state index in [0.29, 0.717) is 10.9 Å². The molecule has 0 amide bonds. The minimum absolute atomic E-state index is 0.470. The Morgan fingerprint density at radius 3 is 1.69 bits per heavy atom. The van der Waals surface area contributed by atoms with Crippen LogP contribution in [0.25, 0.3) is 11.1 Å². The van der Waals surface area contributed by atoms with Crippen LogP contribution in [-0.2, 0) is 22.4 Å². The summed E-state index contributed by atoms with van der Waals surface area (Å²) in [4.78, 5) is 0. The van der Waals surface area contributed by atoms with Gasteiger partial charge in [0.2, 0.25) is 0 Å². The fourth-order valence-corrected chi connectivity index (χ4v) is 4.07. The Morgan fingerprint density at radius 2 is 1.19 bits per heavy atom. The molecule has 0 bridgehead atoms. The van der Waals surface area contributed by atoms with Gasteiger partial charge in [-0.2, -0.15) is 0 Å². The maximum absolute atomic E-state index is 2.37. The third-order valence-electron chi connectivity index (χ3n) is 3.13. The Labute approximate surface area is 99.7 Å². The van der Waals surface area contributed by atoms with Gasteiger partial charge in [-0.15, -0.1) is 0 Å². The largest absolute Gasteiger partial charge is 0.133 e. The second kappa shape index (κ2) is 3.99. The van der Waals surface area contributed by atoms with Gasteiger partial charge in [-0.1, -0.05) is 48.5 Å². The molecule has 0 aliphatic carbocycles. The van der Waals surface area contributed by atoms with Gasteiger partial charge in [0.1, 0.15) is 11.5 Å². The van der Waals surface area contributed by atoms with Crippen LogP contribution >= 0.6 is 0 Å². The van der Waals surface area contributed by atoms with Crippen molar-refractivity contribution in [1.82, 2.24) is 0 Å². The number of hydrogen-bond donors (Lipinski definition) is 0. The summed E-state index contributed by atoms with van der Waals surface area (Å²) in [6, 6.07) is 17.7. The zero-order valence-corrected chi connectivity index (χ0v) is 10.3. The molecule has 1 aliphatic rings. The van der Waals surface area contributed by atoms with Gasteiger partial charge in [0.25, 0.3) is 0 Å². The van der Waals surface area contributed by atoms with E-state index in [4.69, 9.17) is 0 Å². The van der Waals surface area contributed by atoms with E-state index in [0.717, 1.165) is 0 Å². The molecule has 1 aliphatic heterocycles. The van der Waals surface area contributed by atoms with Gasteiger partial charge in [0.15, 0.2) is 0 Å². The molecular weight excluding hydrogens is 212 g/mol. The first-order valence-corrected chi connectivity index (χ1v) is 7.57. The highest BCUT2D eigenvalue weighted by Crippen LogP contribution is 2.33. The van der Waals surface area contributed by atoms with E-state index in [1.165, 1.54) is 33.8 Å². The molecule has 3 rings (SSSR count). The van der Waals surface area contributed by atoms with Gasteiger partial charge >= 0.3 is 0 Å². The lowest BCUT2D eigenvalue weighted by Crippen LogP contribution is -2.03. The quantitative estimate of drug-likeness (QED) is 0.603.